The second-order valence-corrected chi connectivity index (χ2v) is 12.3. The Kier molecular flexibility index (Phi) is 7.36. The molecule has 0 radical (unpaired) electrons. The van der Waals surface area contributed by atoms with Gasteiger partial charge in [-0.25, -0.2) is 4.68 Å². The third-order valence-electron chi connectivity index (χ3n) is 7.97. The molecule has 208 valence electrons. The highest BCUT2D eigenvalue weighted by atomic mass is 32.2. The molecule has 5 nitrogen and oxygen atoms in total. The molecule has 2 heterocycles. The molecule has 0 unspecified atom stereocenters. The minimum atomic E-state index is 0.00694. The van der Waals surface area contributed by atoms with Crippen LogP contribution in [0, 0.1) is 0 Å². The smallest absolute Gasteiger partial charge is 0.266 e. The van der Waals surface area contributed by atoms with E-state index in [1.54, 1.807) is 0 Å². The van der Waals surface area contributed by atoms with Gasteiger partial charge in [-0.2, -0.15) is 5.10 Å². The van der Waals surface area contributed by atoms with Gasteiger partial charge in [-0.1, -0.05) is 97.5 Å². The summed E-state index contributed by atoms with van der Waals surface area (Å²) < 4.78 is 8.70. The van der Waals surface area contributed by atoms with Crippen molar-refractivity contribution < 1.29 is 9.53 Å². The number of hydrogen-bond acceptors (Lipinski definition) is 5. The molecule has 1 aliphatic heterocycles. The predicted octanol–water partition coefficient (Wildman–Crippen LogP) is 8.42. The van der Waals surface area contributed by atoms with Gasteiger partial charge < -0.3 is 4.74 Å². The van der Waals surface area contributed by atoms with Gasteiger partial charge in [0.1, 0.15) is 16.7 Å². The van der Waals surface area contributed by atoms with E-state index in [1.807, 2.05) is 76.5 Å². The highest BCUT2D eigenvalue weighted by Gasteiger charge is 2.38. The Hall–Kier alpha value is -4.20. The van der Waals surface area contributed by atoms with Crippen molar-refractivity contribution in [2.24, 2.45) is 0 Å². The summed E-state index contributed by atoms with van der Waals surface area (Å²) in [6.45, 7) is 0.484. The first kappa shape index (κ1) is 26.7. The Morgan fingerprint density at radius 3 is 2.45 bits per heavy atom. The van der Waals surface area contributed by atoms with E-state index in [-0.39, 0.29) is 11.9 Å². The van der Waals surface area contributed by atoms with Crippen molar-refractivity contribution in [3.05, 3.63) is 119 Å². The molecule has 0 atom stereocenters. The molecule has 0 bridgehead atoms. The van der Waals surface area contributed by atoms with Gasteiger partial charge in [-0.3, -0.25) is 9.69 Å². The number of thioether (sulfide) groups is 1. The number of amides is 1. The number of benzene rings is 4. The van der Waals surface area contributed by atoms with Crippen LogP contribution < -0.4 is 4.74 Å². The number of thiocarbonyl (C=S) groups is 1. The maximum atomic E-state index is 13.5. The van der Waals surface area contributed by atoms with Gasteiger partial charge in [0, 0.05) is 23.4 Å². The van der Waals surface area contributed by atoms with Crippen LogP contribution in [0.5, 0.6) is 5.75 Å². The molecule has 1 saturated carbocycles. The number of carbonyl (C=O) groups excluding carboxylic acids is 1. The molecule has 42 heavy (non-hydrogen) atoms. The van der Waals surface area contributed by atoms with Crippen LogP contribution in [0.1, 0.15) is 36.8 Å². The number of carbonyl (C=O) groups is 1. The van der Waals surface area contributed by atoms with Gasteiger partial charge in [-0.05, 0) is 71.7 Å². The van der Waals surface area contributed by atoms with E-state index in [4.69, 9.17) is 22.1 Å². The lowest BCUT2D eigenvalue weighted by Gasteiger charge is -2.21. The van der Waals surface area contributed by atoms with E-state index in [0.29, 0.717) is 15.8 Å². The van der Waals surface area contributed by atoms with Gasteiger partial charge in [0.2, 0.25) is 0 Å². The average molecular weight is 588 g/mol. The highest BCUT2D eigenvalue weighted by Crippen LogP contribution is 2.39. The molecule has 5 aromatic rings. The number of fused-ring (bicyclic) bond motifs is 1. The number of hydrogen-bond donors (Lipinski definition) is 0. The zero-order valence-electron chi connectivity index (χ0n) is 23.0. The summed E-state index contributed by atoms with van der Waals surface area (Å²) in [6.07, 6.45) is 8.27. The Labute approximate surface area is 254 Å². The van der Waals surface area contributed by atoms with E-state index >= 15 is 0 Å². The van der Waals surface area contributed by atoms with Crippen LogP contribution in [0.2, 0.25) is 0 Å². The van der Waals surface area contributed by atoms with Crippen LogP contribution in [0.25, 0.3) is 33.8 Å². The van der Waals surface area contributed by atoms with Gasteiger partial charge in [0.05, 0.1) is 16.3 Å². The summed E-state index contributed by atoms with van der Waals surface area (Å²) in [4.78, 5) is 15.9. The molecule has 2 aliphatic rings. The summed E-state index contributed by atoms with van der Waals surface area (Å²) in [5, 5.41) is 7.36. The fourth-order valence-corrected chi connectivity index (χ4v) is 7.21. The topological polar surface area (TPSA) is 47.4 Å². The third kappa shape index (κ3) is 5.26. The molecular formula is C35H29N3O2S2. The monoisotopic (exact) mass is 587 g/mol. The number of para-hydroxylation sites is 1. The van der Waals surface area contributed by atoms with Crippen LogP contribution in [-0.2, 0) is 11.4 Å². The van der Waals surface area contributed by atoms with Gasteiger partial charge >= 0.3 is 0 Å². The lowest BCUT2D eigenvalue weighted by molar-refractivity contribution is -0.123. The first-order chi connectivity index (χ1) is 20.6. The maximum absolute atomic E-state index is 13.5. The summed E-state index contributed by atoms with van der Waals surface area (Å²) in [5.41, 5.74) is 4.71. The van der Waals surface area contributed by atoms with Crippen LogP contribution in [0.4, 0.5) is 0 Å². The largest absolute Gasteiger partial charge is 0.489 e. The number of nitrogens with zero attached hydrogens (tertiary/aromatic N) is 3. The standard InChI is InChI=1S/C35H29N3O2S2/c39-34-32(42-35(41)38(34)29-14-5-6-15-29)21-27-22-37(28-12-2-1-3-13-28)36-33(27)25-17-19-30(20-18-25)40-23-26-11-8-10-24-9-4-7-16-31(24)26/h1-4,7-13,16-22,29H,5-6,14-15,23H2. The van der Waals surface area contributed by atoms with Crippen molar-refractivity contribution in [1.29, 1.82) is 0 Å². The van der Waals surface area contributed by atoms with Crippen LogP contribution in [-0.4, -0.2) is 30.9 Å². The lowest BCUT2D eigenvalue weighted by atomic mass is 10.1. The maximum Gasteiger partial charge on any atom is 0.266 e. The van der Waals surface area contributed by atoms with Crippen molar-refractivity contribution in [1.82, 2.24) is 14.7 Å². The zero-order chi connectivity index (χ0) is 28.5. The number of aromatic nitrogens is 2. The summed E-state index contributed by atoms with van der Waals surface area (Å²) in [5.74, 6) is 0.792. The first-order valence-electron chi connectivity index (χ1n) is 14.3. The molecule has 4 aromatic carbocycles. The highest BCUT2D eigenvalue weighted by molar-refractivity contribution is 8.26. The van der Waals surface area contributed by atoms with Crippen LogP contribution >= 0.6 is 24.0 Å². The van der Waals surface area contributed by atoms with Gasteiger partial charge in [-0.15, -0.1) is 0 Å². The fraction of sp³-hybridized carbons (Fsp3) is 0.171. The van der Waals surface area contributed by atoms with Crippen molar-refractivity contribution in [2.45, 2.75) is 38.3 Å². The van der Waals surface area contributed by atoms with E-state index in [9.17, 15) is 4.79 Å². The average Bonchev–Trinajstić information content (AvgIpc) is 3.77. The SMILES string of the molecule is O=C1C(=Cc2cn(-c3ccccc3)nc2-c2ccc(OCc3cccc4ccccc34)cc2)SC(=S)N1C1CCCC1. The molecule has 1 amide bonds. The van der Waals surface area contributed by atoms with Crippen molar-refractivity contribution in [3.8, 4) is 22.7 Å². The predicted molar refractivity (Wildman–Crippen MR) is 175 cm³/mol. The van der Waals surface area contributed by atoms with E-state index in [1.165, 1.54) is 22.5 Å². The second-order valence-electron chi connectivity index (χ2n) is 10.7. The lowest BCUT2D eigenvalue weighted by Crippen LogP contribution is -2.36. The molecule has 1 saturated heterocycles. The molecule has 7 rings (SSSR count). The summed E-state index contributed by atoms with van der Waals surface area (Å²) in [6, 6.07) is 32.9. The van der Waals surface area contributed by atoms with Crippen molar-refractivity contribution >= 4 is 51.1 Å². The Bertz CT molecular complexity index is 1800. The Morgan fingerprint density at radius 2 is 1.64 bits per heavy atom. The Morgan fingerprint density at radius 1 is 0.905 bits per heavy atom. The van der Waals surface area contributed by atoms with Crippen molar-refractivity contribution in [2.75, 3.05) is 0 Å². The van der Waals surface area contributed by atoms with Crippen LogP contribution in [0.3, 0.4) is 0 Å². The van der Waals surface area contributed by atoms with E-state index < -0.39 is 0 Å². The molecule has 0 spiro atoms. The fourth-order valence-electron chi connectivity index (χ4n) is 5.82. The van der Waals surface area contributed by atoms with Crippen molar-refractivity contribution in [3.63, 3.8) is 0 Å². The van der Waals surface area contributed by atoms with Crippen LogP contribution in [0.15, 0.2) is 108 Å². The summed E-state index contributed by atoms with van der Waals surface area (Å²) >= 11 is 7.04. The molecule has 1 aromatic heterocycles. The van der Waals surface area contributed by atoms with Gasteiger partial charge in [0.15, 0.2) is 0 Å². The minimum Gasteiger partial charge on any atom is -0.489 e. The molecule has 1 aliphatic carbocycles. The molecule has 0 N–H and O–H groups in total. The Balaban J connectivity index is 1.18. The first-order valence-corrected chi connectivity index (χ1v) is 15.5. The summed E-state index contributed by atoms with van der Waals surface area (Å²) in [7, 11) is 0. The second kappa shape index (κ2) is 11.6. The van der Waals surface area contributed by atoms with Gasteiger partial charge in [0.25, 0.3) is 5.91 Å². The molecule has 7 heteroatoms. The number of ether oxygens (including phenoxy) is 1. The third-order valence-corrected chi connectivity index (χ3v) is 9.30. The normalized spacial score (nSPS) is 16.7. The zero-order valence-corrected chi connectivity index (χ0v) is 24.6. The minimum absolute atomic E-state index is 0.00694. The van der Waals surface area contributed by atoms with E-state index in [0.717, 1.165) is 59.5 Å². The molecular weight excluding hydrogens is 559 g/mol. The van der Waals surface area contributed by atoms with E-state index in [2.05, 4.69) is 42.5 Å². The quantitative estimate of drug-likeness (QED) is 0.141. The number of rotatable bonds is 7. The molecule has 2 fully saturated rings.